The van der Waals surface area contributed by atoms with Crippen molar-refractivity contribution >= 4 is 0 Å². The van der Waals surface area contributed by atoms with Crippen LogP contribution in [-0.4, -0.2) is 0 Å². The lowest BCUT2D eigenvalue weighted by molar-refractivity contribution is 0.287. The summed E-state index contributed by atoms with van der Waals surface area (Å²) in [6.45, 7) is 4.65. The Kier molecular flexibility index (Phi) is 1.72. The van der Waals surface area contributed by atoms with Crippen molar-refractivity contribution in [2.24, 2.45) is 17.3 Å². The molecule has 3 atom stereocenters. The van der Waals surface area contributed by atoms with Crippen LogP contribution in [0.2, 0.25) is 0 Å². The quantitative estimate of drug-likeness (QED) is 0.502. The van der Waals surface area contributed by atoms with E-state index in [1.54, 1.807) is 11.1 Å². The monoisotopic (exact) mass is 188 g/mol. The molecule has 3 aliphatic rings. The third-order valence-corrected chi connectivity index (χ3v) is 4.73. The van der Waals surface area contributed by atoms with E-state index in [4.69, 9.17) is 0 Å². The van der Waals surface area contributed by atoms with Crippen molar-refractivity contribution in [2.45, 2.75) is 46.0 Å². The first-order valence-corrected chi connectivity index (χ1v) is 6.09. The van der Waals surface area contributed by atoms with E-state index in [9.17, 15) is 0 Å². The Morgan fingerprint density at radius 1 is 1.50 bits per heavy atom. The van der Waals surface area contributed by atoms with Crippen molar-refractivity contribution in [3.63, 3.8) is 0 Å². The molecular formula is C14H20. The molecule has 0 heterocycles. The second-order valence-electron chi connectivity index (χ2n) is 5.68. The van der Waals surface area contributed by atoms with Crippen LogP contribution in [0.15, 0.2) is 23.3 Å². The molecule has 14 heavy (non-hydrogen) atoms. The average molecular weight is 188 g/mol. The Morgan fingerprint density at radius 3 is 2.93 bits per heavy atom. The number of hydrogen-bond acceptors (Lipinski definition) is 0. The topological polar surface area (TPSA) is 0 Å². The fraction of sp³-hybridized carbons (Fsp3) is 0.714. The molecule has 3 rings (SSSR count). The molecule has 0 nitrogen and oxygen atoms in total. The summed E-state index contributed by atoms with van der Waals surface area (Å²) >= 11 is 0. The zero-order chi connectivity index (χ0) is 9.76. The lowest BCUT2D eigenvalue weighted by Crippen LogP contribution is -2.23. The number of hydrogen-bond donors (Lipinski definition) is 0. The third-order valence-electron chi connectivity index (χ3n) is 4.73. The van der Waals surface area contributed by atoms with Crippen LogP contribution in [0, 0.1) is 17.3 Å². The van der Waals surface area contributed by atoms with Crippen molar-refractivity contribution in [3.05, 3.63) is 23.3 Å². The minimum absolute atomic E-state index is 0.620. The van der Waals surface area contributed by atoms with Gasteiger partial charge < -0.3 is 0 Å². The predicted molar refractivity (Wildman–Crippen MR) is 60.0 cm³/mol. The molecule has 0 aliphatic heterocycles. The summed E-state index contributed by atoms with van der Waals surface area (Å²) in [6.07, 6.45) is 12.1. The van der Waals surface area contributed by atoms with Gasteiger partial charge in [-0.2, -0.15) is 0 Å². The van der Waals surface area contributed by atoms with Gasteiger partial charge in [0.25, 0.3) is 0 Å². The van der Waals surface area contributed by atoms with Crippen LogP contribution in [0.1, 0.15) is 46.0 Å². The van der Waals surface area contributed by atoms with E-state index in [0.29, 0.717) is 5.41 Å². The van der Waals surface area contributed by atoms with E-state index in [2.05, 4.69) is 26.0 Å². The van der Waals surface area contributed by atoms with Gasteiger partial charge in [-0.3, -0.25) is 0 Å². The summed E-state index contributed by atoms with van der Waals surface area (Å²) in [5.41, 5.74) is 4.11. The van der Waals surface area contributed by atoms with E-state index < -0.39 is 0 Å². The van der Waals surface area contributed by atoms with Crippen LogP contribution in [0.3, 0.4) is 0 Å². The molecule has 0 aromatic carbocycles. The molecule has 0 aromatic heterocycles. The minimum Gasteiger partial charge on any atom is -0.0878 e. The highest BCUT2D eigenvalue weighted by atomic mass is 14.5. The highest BCUT2D eigenvalue weighted by molar-refractivity contribution is 5.39. The minimum atomic E-state index is 0.620. The molecule has 0 amide bonds. The van der Waals surface area contributed by atoms with Crippen LogP contribution in [-0.2, 0) is 0 Å². The maximum absolute atomic E-state index is 2.66. The van der Waals surface area contributed by atoms with Gasteiger partial charge in [0.05, 0.1) is 0 Å². The molecule has 2 saturated carbocycles. The van der Waals surface area contributed by atoms with Crippen LogP contribution >= 0.6 is 0 Å². The largest absolute Gasteiger partial charge is 0.0878 e. The second kappa shape index (κ2) is 2.74. The van der Waals surface area contributed by atoms with E-state index >= 15 is 0 Å². The van der Waals surface area contributed by atoms with Gasteiger partial charge in [0.1, 0.15) is 0 Å². The molecular weight excluding hydrogens is 168 g/mol. The Labute approximate surface area is 87.1 Å². The van der Waals surface area contributed by atoms with Crippen LogP contribution in [0.4, 0.5) is 0 Å². The fourth-order valence-electron chi connectivity index (χ4n) is 4.16. The van der Waals surface area contributed by atoms with Gasteiger partial charge in [0.2, 0.25) is 0 Å². The van der Waals surface area contributed by atoms with E-state index in [0.717, 1.165) is 11.8 Å². The van der Waals surface area contributed by atoms with Gasteiger partial charge in [-0.15, -0.1) is 0 Å². The maximum atomic E-state index is 2.66. The Morgan fingerprint density at radius 2 is 2.36 bits per heavy atom. The summed E-state index contributed by atoms with van der Waals surface area (Å²) in [4.78, 5) is 0. The lowest BCUT2D eigenvalue weighted by atomic mass is 9.72. The highest BCUT2D eigenvalue weighted by Gasteiger charge is 2.50. The Hall–Kier alpha value is -0.520. The van der Waals surface area contributed by atoms with E-state index in [1.807, 2.05) is 0 Å². The van der Waals surface area contributed by atoms with Gasteiger partial charge in [-0.1, -0.05) is 30.2 Å². The first kappa shape index (κ1) is 8.76. The molecule has 1 spiro atoms. The fourth-order valence-corrected chi connectivity index (χ4v) is 4.16. The van der Waals surface area contributed by atoms with Crippen LogP contribution < -0.4 is 0 Å². The summed E-state index contributed by atoms with van der Waals surface area (Å²) in [5.74, 6) is 1.87. The molecule has 2 bridgehead atoms. The molecule has 76 valence electrons. The number of rotatable bonds is 0. The molecule has 2 fully saturated rings. The maximum Gasteiger partial charge on any atom is -0.00442 e. The average Bonchev–Trinajstić information content (AvgIpc) is 2.80. The Balaban J connectivity index is 1.97. The smallest absolute Gasteiger partial charge is 0.00442 e. The second-order valence-corrected chi connectivity index (χ2v) is 5.68. The zero-order valence-electron chi connectivity index (χ0n) is 9.34. The summed E-state index contributed by atoms with van der Waals surface area (Å²) in [7, 11) is 0. The predicted octanol–water partition coefficient (Wildman–Crippen LogP) is 4.09. The van der Waals surface area contributed by atoms with Gasteiger partial charge in [0, 0.05) is 0 Å². The SMILES string of the molecule is CC=C1CC2=CC3(CCC(C)C3)C1C2. The number of allylic oxidation sites excluding steroid dienone is 4. The van der Waals surface area contributed by atoms with Crippen molar-refractivity contribution in [1.82, 2.24) is 0 Å². The molecule has 0 heteroatoms. The van der Waals surface area contributed by atoms with Gasteiger partial charge in [-0.05, 0) is 56.3 Å². The summed E-state index contributed by atoms with van der Waals surface area (Å²) in [5, 5.41) is 0. The van der Waals surface area contributed by atoms with Crippen molar-refractivity contribution in [2.75, 3.05) is 0 Å². The molecule has 3 unspecified atom stereocenters. The van der Waals surface area contributed by atoms with E-state index in [1.165, 1.54) is 32.1 Å². The zero-order valence-corrected chi connectivity index (χ0v) is 9.34. The van der Waals surface area contributed by atoms with Gasteiger partial charge in [-0.25, -0.2) is 0 Å². The van der Waals surface area contributed by atoms with Crippen molar-refractivity contribution in [1.29, 1.82) is 0 Å². The summed E-state index contributed by atoms with van der Waals surface area (Å²) in [6, 6.07) is 0. The lowest BCUT2D eigenvalue weighted by Gasteiger charge is -2.32. The van der Waals surface area contributed by atoms with Crippen LogP contribution in [0.25, 0.3) is 0 Å². The first-order chi connectivity index (χ1) is 6.73. The molecule has 0 saturated heterocycles. The molecule has 0 N–H and O–H groups in total. The first-order valence-electron chi connectivity index (χ1n) is 6.09. The molecule has 0 radical (unpaired) electrons. The van der Waals surface area contributed by atoms with E-state index in [-0.39, 0.29) is 0 Å². The highest BCUT2D eigenvalue weighted by Crippen LogP contribution is 2.61. The molecule has 0 aromatic rings. The standard InChI is InChI=1S/C14H20/c1-3-12-6-11-7-13(12)14(9-11)5-4-10(2)8-14/h3,9-10,13H,4-8H2,1-2H3. The van der Waals surface area contributed by atoms with Gasteiger partial charge >= 0.3 is 0 Å². The number of fused-ring (bicyclic) bond motifs is 3. The van der Waals surface area contributed by atoms with Crippen molar-refractivity contribution in [3.8, 4) is 0 Å². The summed E-state index contributed by atoms with van der Waals surface area (Å²) < 4.78 is 0. The van der Waals surface area contributed by atoms with Crippen molar-refractivity contribution < 1.29 is 0 Å². The van der Waals surface area contributed by atoms with Gasteiger partial charge in [0.15, 0.2) is 0 Å². The van der Waals surface area contributed by atoms with Crippen LogP contribution in [0.5, 0.6) is 0 Å². The third kappa shape index (κ3) is 1.00. The Bertz CT molecular complexity index is 321. The normalized spacial score (nSPS) is 48.1. The molecule has 3 aliphatic carbocycles.